The number of phosphoric acid groups is 1. The van der Waals surface area contributed by atoms with E-state index >= 15 is 0 Å². The van der Waals surface area contributed by atoms with Crippen LogP contribution in [0.2, 0.25) is 0 Å². The molecule has 8 nitrogen and oxygen atoms in total. The average Bonchev–Trinajstić information content (AvgIpc) is 3.05. The first kappa shape index (κ1) is 45.8. The van der Waals surface area contributed by atoms with Gasteiger partial charge in [0.25, 0.3) is 0 Å². The molecule has 0 aromatic heterocycles. The Morgan fingerprint density at radius 1 is 0.562 bits per heavy atom. The van der Waals surface area contributed by atoms with Crippen molar-refractivity contribution in [3.63, 3.8) is 0 Å². The zero-order valence-corrected chi connectivity index (χ0v) is 31.0. The standard InChI is InChI=1S/C39H67O8P/c1-3-5-7-9-11-13-15-17-19-21-23-25-27-29-31-33-38(40)45-35-37(36-46-48(42,43)44)47-39(41)34-32-30-28-26-24-22-20-18-16-14-12-10-8-6-4-2/h6,8,10,12-16,18,20,37H,3-5,7,9,11,17,19,21-36H2,1-2H3,(H2,42,43,44)/b8-6+,12-10+,15-13+,16-14+,20-18+/t37-/m1/s1. The molecule has 0 radical (unpaired) electrons. The van der Waals surface area contributed by atoms with E-state index in [9.17, 15) is 14.2 Å². The van der Waals surface area contributed by atoms with Gasteiger partial charge in [0.15, 0.2) is 6.10 Å². The van der Waals surface area contributed by atoms with Gasteiger partial charge in [-0.2, -0.15) is 0 Å². The highest BCUT2D eigenvalue weighted by Gasteiger charge is 2.22. The molecule has 0 aliphatic rings. The van der Waals surface area contributed by atoms with E-state index < -0.39 is 32.5 Å². The van der Waals surface area contributed by atoms with Crippen molar-refractivity contribution in [2.24, 2.45) is 0 Å². The minimum Gasteiger partial charge on any atom is -0.462 e. The lowest BCUT2D eigenvalue weighted by molar-refractivity contribution is -0.161. The summed E-state index contributed by atoms with van der Waals surface area (Å²) in [4.78, 5) is 42.7. The molecule has 0 bridgehead atoms. The van der Waals surface area contributed by atoms with E-state index in [4.69, 9.17) is 19.3 Å². The van der Waals surface area contributed by atoms with Crippen LogP contribution in [0.5, 0.6) is 0 Å². The molecule has 0 fully saturated rings. The van der Waals surface area contributed by atoms with Crippen LogP contribution < -0.4 is 0 Å². The Kier molecular flexibility index (Phi) is 33.0. The van der Waals surface area contributed by atoms with Gasteiger partial charge in [-0.25, -0.2) is 4.57 Å². The maximum Gasteiger partial charge on any atom is 0.469 e. The SMILES string of the molecule is CC/C=C/C=C/C=C/C=C/CCCCCCCC(=O)O[C@H](COC(=O)CCCCCCCCC/C=C/CCCCCC)COP(=O)(O)O. The molecule has 0 heterocycles. The minimum atomic E-state index is -4.76. The highest BCUT2D eigenvalue weighted by molar-refractivity contribution is 7.46. The topological polar surface area (TPSA) is 119 Å². The molecular formula is C39H67O8P. The largest absolute Gasteiger partial charge is 0.469 e. The van der Waals surface area contributed by atoms with Gasteiger partial charge in [0, 0.05) is 12.8 Å². The monoisotopic (exact) mass is 694 g/mol. The second-order valence-corrected chi connectivity index (χ2v) is 13.5. The number of carbonyl (C=O) groups excluding carboxylic acids is 2. The van der Waals surface area contributed by atoms with Gasteiger partial charge in [-0.3, -0.25) is 14.1 Å². The fourth-order valence-electron chi connectivity index (χ4n) is 4.85. The van der Waals surface area contributed by atoms with Crippen molar-refractivity contribution in [2.45, 2.75) is 161 Å². The van der Waals surface area contributed by atoms with Gasteiger partial charge in [-0.1, -0.05) is 145 Å². The summed E-state index contributed by atoms with van der Waals surface area (Å²) < 4.78 is 26.3. The first-order valence-electron chi connectivity index (χ1n) is 18.6. The first-order valence-corrected chi connectivity index (χ1v) is 20.2. The summed E-state index contributed by atoms with van der Waals surface area (Å²) in [6.45, 7) is 3.49. The van der Waals surface area contributed by atoms with Crippen LogP contribution in [0.25, 0.3) is 0 Å². The van der Waals surface area contributed by atoms with Crippen LogP contribution in [-0.4, -0.2) is 41.0 Å². The number of allylic oxidation sites excluding steroid dienone is 10. The van der Waals surface area contributed by atoms with E-state index in [-0.39, 0.29) is 19.4 Å². The molecular weight excluding hydrogens is 627 g/mol. The summed E-state index contributed by atoms with van der Waals surface area (Å²) in [5, 5.41) is 0. The summed E-state index contributed by atoms with van der Waals surface area (Å²) in [6, 6.07) is 0. The first-order chi connectivity index (χ1) is 23.3. The predicted octanol–water partition coefficient (Wildman–Crippen LogP) is 11.0. The molecule has 0 aliphatic carbocycles. The van der Waals surface area contributed by atoms with Crippen molar-refractivity contribution in [1.82, 2.24) is 0 Å². The molecule has 0 spiro atoms. The fraction of sp³-hybridized carbons (Fsp3) is 0.692. The number of ether oxygens (including phenoxy) is 2. The molecule has 0 unspecified atom stereocenters. The number of rotatable bonds is 33. The molecule has 0 aromatic carbocycles. The minimum absolute atomic E-state index is 0.182. The lowest BCUT2D eigenvalue weighted by Gasteiger charge is -2.18. The van der Waals surface area contributed by atoms with Crippen LogP contribution >= 0.6 is 7.82 Å². The van der Waals surface area contributed by atoms with Gasteiger partial charge in [-0.15, -0.1) is 0 Å². The summed E-state index contributed by atoms with van der Waals surface area (Å²) in [6.07, 6.45) is 42.2. The Labute approximate surface area is 292 Å². The highest BCUT2D eigenvalue weighted by atomic mass is 31.2. The number of unbranched alkanes of at least 4 members (excludes halogenated alkanes) is 16. The summed E-state index contributed by atoms with van der Waals surface area (Å²) in [5.74, 6) is -0.922. The molecule has 276 valence electrons. The Morgan fingerprint density at radius 2 is 1.02 bits per heavy atom. The molecule has 0 saturated carbocycles. The van der Waals surface area contributed by atoms with Gasteiger partial charge in [-0.05, 0) is 57.8 Å². The molecule has 9 heteroatoms. The molecule has 0 amide bonds. The number of hydrogen-bond donors (Lipinski definition) is 2. The van der Waals surface area contributed by atoms with Crippen LogP contribution in [0.1, 0.15) is 155 Å². The maximum atomic E-state index is 12.3. The number of carbonyl (C=O) groups is 2. The van der Waals surface area contributed by atoms with E-state index in [2.05, 4.69) is 42.7 Å². The van der Waals surface area contributed by atoms with Crippen molar-refractivity contribution in [3.8, 4) is 0 Å². The third kappa shape index (κ3) is 36.6. The summed E-state index contributed by atoms with van der Waals surface area (Å²) in [5.41, 5.74) is 0. The third-order valence-electron chi connectivity index (χ3n) is 7.61. The van der Waals surface area contributed by atoms with Crippen molar-refractivity contribution in [2.75, 3.05) is 13.2 Å². The van der Waals surface area contributed by atoms with Gasteiger partial charge in [0.05, 0.1) is 6.61 Å². The van der Waals surface area contributed by atoms with Crippen LogP contribution in [0.3, 0.4) is 0 Å². The van der Waals surface area contributed by atoms with Crippen molar-refractivity contribution >= 4 is 19.8 Å². The molecule has 1 atom stereocenters. The molecule has 48 heavy (non-hydrogen) atoms. The lowest BCUT2D eigenvalue weighted by Crippen LogP contribution is -2.29. The average molecular weight is 695 g/mol. The van der Waals surface area contributed by atoms with Gasteiger partial charge < -0.3 is 19.3 Å². The fourth-order valence-corrected chi connectivity index (χ4v) is 5.21. The normalized spacial score (nSPS) is 13.2. The Morgan fingerprint density at radius 3 is 1.56 bits per heavy atom. The molecule has 0 saturated heterocycles. The summed E-state index contributed by atoms with van der Waals surface area (Å²) in [7, 11) is -4.76. The van der Waals surface area contributed by atoms with Gasteiger partial charge in [0.1, 0.15) is 6.61 Å². The maximum absolute atomic E-state index is 12.3. The second kappa shape index (κ2) is 34.6. The Bertz CT molecular complexity index is 963. The lowest BCUT2D eigenvalue weighted by atomic mass is 10.1. The quantitative estimate of drug-likeness (QED) is 0.0229. The van der Waals surface area contributed by atoms with Crippen molar-refractivity contribution < 1.29 is 37.9 Å². The zero-order valence-electron chi connectivity index (χ0n) is 30.1. The van der Waals surface area contributed by atoms with E-state index in [0.29, 0.717) is 12.8 Å². The molecule has 0 aliphatic heterocycles. The molecule has 2 N–H and O–H groups in total. The van der Waals surface area contributed by atoms with Crippen LogP contribution in [-0.2, 0) is 28.2 Å². The Hall–Kier alpha value is -2.25. The highest BCUT2D eigenvalue weighted by Crippen LogP contribution is 2.36. The van der Waals surface area contributed by atoms with Crippen molar-refractivity contribution in [3.05, 3.63) is 60.8 Å². The molecule has 0 rings (SSSR count). The van der Waals surface area contributed by atoms with Crippen molar-refractivity contribution in [1.29, 1.82) is 0 Å². The smallest absolute Gasteiger partial charge is 0.462 e. The number of esters is 2. The number of phosphoric ester groups is 1. The second-order valence-electron chi connectivity index (χ2n) is 12.3. The van der Waals surface area contributed by atoms with Gasteiger partial charge >= 0.3 is 19.8 Å². The van der Waals surface area contributed by atoms with Crippen LogP contribution in [0, 0.1) is 0 Å². The predicted molar refractivity (Wildman–Crippen MR) is 197 cm³/mol. The van der Waals surface area contributed by atoms with Crippen LogP contribution in [0.4, 0.5) is 0 Å². The van der Waals surface area contributed by atoms with E-state index in [1.54, 1.807) is 0 Å². The van der Waals surface area contributed by atoms with Crippen LogP contribution in [0.15, 0.2) is 60.8 Å². The third-order valence-corrected chi connectivity index (χ3v) is 8.10. The van der Waals surface area contributed by atoms with E-state index in [1.165, 1.54) is 51.4 Å². The molecule has 0 aromatic rings. The van der Waals surface area contributed by atoms with Gasteiger partial charge in [0.2, 0.25) is 0 Å². The van der Waals surface area contributed by atoms with E-state index in [1.807, 2.05) is 36.5 Å². The zero-order chi connectivity index (χ0) is 35.4. The Balaban J connectivity index is 4.03. The van der Waals surface area contributed by atoms with E-state index in [0.717, 1.165) is 64.2 Å². The summed E-state index contributed by atoms with van der Waals surface area (Å²) >= 11 is 0. The number of hydrogen-bond acceptors (Lipinski definition) is 6.